The molecule has 1 aromatic carbocycles. The summed E-state index contributed by atoms with van der Waals surface area (Å²) in [7, 11) is 0. The van der Waals surface area contributed by atoms with Crippen LogP contribution in [0.25, 0.3) is 0 Å². The average Bonchev–Trinajstić information content (AvgIpc) is 2.64. The molecule has 0 amide bonds. The van der Waals surface area contributed by atoms with E-state index in [-0.39, 0.29) is 5.82 Å². The number of anilines is 1. The molecule has 0 radical (unpaired) electrons. The normalized spacial score (nSPS) is 10.5. The van der Waals surface area contributed by atoms with Gasteiger partial charge >= 0.3 is 0 Å². The predicted molar refractivity (Wildman–Crippen MR) is 60.3 cm³/mol. The summed E-state index contributed by atoms with van der Waals surface area (Å²) in [4.78, 5) is 4.17. The molecule has 0 saturated carbocycles. The zero-order chi connectivity index (χ0) is 10.7. The molecule has 0 atom stereocenters. The average molecular weight is 222 g/mol. The summed E-state index contributed by atoms with van der Waals surface area (Å²) >= 11 is 1.45. The van der Waals surface area contributed by atoms with E-state index in [0.29, 0.717) is 5.13 Å². The van der Waals surface area contributed by atoms with Crippen molar-refractivity contribution in [1.82, 2.24) is 4.98 Å². The molecule has 0 aliphatic carbocycles. The van der Waals surface area contributed by atoms with Crippen molar-refractivity contribution in [3.05, 3.63) is 46.7 Å². The highest BCUT2D eigenvalue weighted by molar-refractivity contribution is 7.13. The molecule has 2 nitrogen and oxygen atoms in total. The summed E-state index contributed by atoms with van der Waals surface area (Å²) in [6.07, 6.45) is 1.71. The molecule has 0 aliphatic rings. The molecule has 2 N–H and O–H groups in total. The van der Waals surface area contributed by atoms with Gasteiger partial charge in [-0.05, 0) is 30.5 Å². The smallest absolute Gasteiger partial charge is 0.180 e. The Labute approximate surface area is 91.6 Å². The van der Waals surface area contributed by atoms with Crippen LogP contribution in [0.1, 0.15) is 11.3 Å². The quantitative estimate of drug-likeness (QED) is 0.867. The topological polar surface area (TPSA) is 38.9 Å². The third kappa shape index (κ3) is 2.76. The number of hydrogen-bond donors (Lipinski definition) is 1. The molecule has 0 bridgehead atoms. The number of aryl methyl sites for hydroxylation is 2. The molecule has 0 saturated heterocycles. The molecular weight excluding hydrogens is 211 g/mol. The first-order chi connectivity index (χ1) is 7.24. The SMILES string of the molecule is Nc1nc(CCc2ccc(F)cc2)cs1. The first-order valence-corrected chi connectivity index (χ1v) is 5.56. The highest BCUT2D eigenvalue weighted by Crippen LogP contribution is 2.13. The van der Waals surface area contributed by atoms with E-state index in [2.05, 4.69) is 4.98 Å². The summed E-state index contributed by atoms with van der Waals surface area (Å²) in [6.45, 7) is 0. The molecule has 0 fully saturated rings. The number of rotatable bonds is 3. The number of halogens is 1. The Hall–Kier alpha value is -1.42. The van der Waals surface area contributed by atoms with Gasteiger partial charge in [-0.2, -0.15) is 0 Å². The van der Waals surface area contributed by atoms with Crippen molar-refractivity contribution in [3.8, 4) is 0 Å². The fraction of sp³-hybridized carbons (Fsp3) is 0.182. The van der Waals surface area contributed by atoms with E-state index in [1.807, 2.05) is 5.38 Å². The van der Waals surface area contributed by atoms with Crippen molar-refractivity contribution < 1.29 is 4.39 Å². The van der Waals surface area contributed by atoms with Gasteiger partial charge in [0.05, 0.1) is 5.69 Å². The van der Waals surface area contributed by atoms with E-state index in [1.165, 1.54) is 23.5 Å². The van der Waals surface area contributed by atoms with Crippen molar-refractivity contribution >= 4 is 16.5 Å². The molecule has 0 aliphatic heterocycles. The summed E-state index contributed by atoms with van der Waals surface area (Å²) in [5, 5.41) is 2.56. The van der Waals surface area contributed by atoms with Gasteiger partial charge in [-0.1, -0.05) is 12.1 Å². The Balaban J connectivity index is 1.96. The molecule has 2 aromatic rings. The summed E-state index contributed by atoms with van der Waals surface area (Å²) in [5.74, 6) is -0.198. The van der Waals surface area contributed by atoms with Crippen molar-refractivity contribution in [1.29, 1.82) is 0 Å². The van der Waals surface area contributed by atoms with Crippen LogP contribution in [-0.2, 0) is 12.8 Å². The summed E-state index contributed by atoms with van der Waals surface area (Å²) in [6, 6.07) is 6.55. The largest absolute Gasteiger partial charge is 0.375 e. The maximum atomic E-state index is 12.6. The molecule has 0 unspecified atom stereocenters. The van der Waals surface area contributed by atoms with Gasteiger partial charge < -0.3 is 5.73 Å². The maximum absolute atomic E-state index is 12.6. The van der Waals surface area contributed by atoms with Crippen LogP contribution in [-0.4, -0.2) is 4.98 Å². The first kappa shape index (κ1) is 10.1. The van der Waals surface area contributed by atoms with Crippen LogP contribution in [0.5, 0.6) is 0 Å². The van der Waals surface area contributed by atoms with E-state index in [0.717, 1.165) is 24.1 Å². The molecule has 1 heterocycles. The second kappa shape index (κ2) is 4.40. The van der Waals surface area contributed by atoms with E-state index in [1.54, 1.807) is 12.1 Å². The van der Waals surface area contributed by atoms with E-state index >= 15 is 0 Å². The van der Waals surface area contributed by atoms with Gasteiger partial charge in [0, 0.05) is 5.38 Å². The highest BCUT2D eigenvalue weighted by Gasteiger charge is 2.00. The monoisotopic (exact) mass is 222 g/mol. The van der Waals surface area contributed by atoms with Gasteiger partial charge in [-0.25, -0.2) is 9.37 Å². The van der Waals surface area contributed by atoms with Crippen molar-refractivity contribution in [2.45, 2.75) is 12.8 Å². The minimum absolute atomic E-state index is 0.198. The number of benzene rings is 1. The second-order valence-electron chi connectivity index (χ2n) is 3.30. The summed E-state index contributed by atoms with van der Waals surface area (Å²) < 4.78 is 12.6. The molecule has 0 spiro atoms. The lowest BCUT2D eigenvalue weighted by molar-refractivity contribution is 0.627. The number of nitrogen functional groups attached to an aromatic ring is 1. The fourth-order valence-electron chi connectivity index (χ4n) is 1.36. The van der Waals surface area contributed by atoms with Crippen LogP contribution >= 0.6 is 11.3 Å². The Bertz CT molecular complexity index is 436. The Morgan fingerprint density at radius 2 is 1.93 bits per heavy atom. The van der Waals surface area contributed by atoms with Crippen molar-refractivity contribution in [2.75, 3.05) is 5.73 Å². The molecule has 78 valence electrons. The number of nitrogens with two attached hydrogens (primary N) is 1. The molecule has 15 heavy (non-hydrogen) atoms. The minimum Gasteiger partial charge on any atom is -0.375 e. The van der Waals surface area contributed by atoms with E-state index < -0.39 is 0 Å². The van der Waals surface area contributed by atoms with Crippen molar-refractivity contribution in [2.24, 2.45) is 0 Å². The Morgan fingerprint density at radius 3 is 2.53 bits per heavy atom. The van der Waals surface area contributed by atoms with Crippen molar-refractivity contribution in [3.63, 3.8) is 0 Å². The lowest BCUT2D eigenvalue weighted by Gasteiger charge is -1.98. The van der Waals surface area contributed by atoms with Crippen LogP contribution in [0.2, 0.25) is 0 Å². The number of hydrogen-bond acceptors (Lipinski definition) is 3. The predicted octanol–water partition coefficient (Wildman–Crippen LogP) is 2.65. The molecular formula is C11H11FN2S. The first-order valence-electron chi connectivity index (χ1n) is 4.68. The van der Waals surface area contributed by atoms with Crippen LogP contribution in [0.15, 0.2) is 29.6 Å². The maximum Gasteiger partial charge on any atom is 0.180 e. The molecule has 4 heteroatoms. The zero-order valence-corrected chi connectivity index (χ0v) is 8.93. The Morgan fingerprint density at radius 1 is 1.20 bits per heavy atom. The van der Waals surface area contributed by atoms with Crippen LogP contribution in [0, 0.1) is 5.82 Å². The van der Waals surface area contributed by atoms with Gasteiger partial charge in [0.1, 0.15) is 5.82 Å². The van der Waals surface area contributed by atoms with Gasteiger partial charge in [0.15, 0.2) is 5.13 Å². The van der Waals surface area contributed by atoms with E-state index in [9.17, 15) is 4.39 Å². The lowest BCUT2D eigenvalue weighted by atomic mass is 10.1. The van der Waals surface area contributed by atoms with Gasteiger partial charge in [0.2, 0.25) is 0 Å². The summed E-state index contributed by atoms with van der Waals surface area (Å²) in [5.41, 5.74) is 7.64. The number of aromatic nitrogens is 1. The van der Waals surface area contributed by atoms with Crippen LogP contribution in [0.3, 0.4) is 0 Å². The lowest BCUT2D eigenvalue weighted by Crippen LogP contribution is -1.92. The molecule has 2 rings (SSSR count). The fourth-order valence-corrected chi connectivity index (χ4v) is 1.96. The number of nitrogens with zero attached hydrogens (tertiary/aromatic N) is 1. The zero-order valence-electron chi connectivity index (χ0n) is 8.11. The number of thiazole rings is 1. The Kier molecular flexibility index (Phi) is 2.97. The second-order valence-corrected chi connectivity index (χ2v) is 4.19. The van der Waals surface area contributed by atoms with Gasteiger partial charge in [-0.15, -0.1) is 11.3 Å². The highest BCUT2D eigenvalue weighted by atomic mass is 32.1. The van der Waals surface area contributed by atoms with Gasteiger partial charge in [0.25, 0.3) is 0 Å². The van der Waals surface area contributed by atoms with Crippen LogP contribution in [0.4, 0.5) is 9.52 Å². The minimum atomic E-state index is -0.198. The van der Waals surface area contributed by atoms with E-state index in [4.69, 9.17) is 5.73 Å². The molecule has 1 aromatic heterocycles. The third-order valence-corrected chi connectivity index (χ3v) is 2.88. The third-order valence-electron chi connectivity index (χ3n) is 2.15. The standard InChI is InChI=1S/C11H11FN2S/c12-9-4-1-8(2-5-9)3-6-10-7-15-11(13)14-10/h1-2,4-5,7H,3,6H2,(H2,13,14). The van der Waals surface area contributed by atoms with Gasteiger partial charge in [-0.3, -0.25) is 0 Å². The van der Waals surface area contributed by atoms with Crippen LogP contribution < -0.4 is 5.73 Å².